The van der Waals surface area contributed by atoms with E-state index in [-0.39, 0.29) is 67.5 Å². The minimum atomic E-state index is -0.279. The van der Waals surface area contributed by atoms with Crippen molar-refractivity contribution in [2.75, 3.05) is 13.2 Å². The molecule has 0 saturated carbocycles. The quantitative estimate of drug-likeness (QED) is 0.285. The second kappa shape index (κ2) is 9.19. The van der Waals surface area contributed by atoms with Crippen molar-refractivity contribution in [1.29, 1.82) is 0 Å². The van der Waals surface area contributed by atoms with Gasteiger partial charge in [0.25, 0.3) is 23.6 Å². The Hall–Kier alpha value is -1.02. The molecule has 1 saturated heterocycles. The molecule has 22 heavy (non-hydrogen) atoms. The molecule has 8 heteroatoms. The molecular formula is C14H19N2NaO5. The molecule has 0 aliphatic carbocycles. The summed E-state index contributed by atoms with van der Waals surface area (Å²) in [5.74, 6) is -1.07. The van der Waals surface area contributed by atoms with E-state index < -0.39 is 0 Å². The van der Waals surface area contributed by atoms with Crippen LogP contribution in [0.2, 0.25) is 0 Å². The van der Waals surface area contributed by atoms with Crippen LogP contribution in [0.15, 0.2) is 12.2 Å². The van der Waals surface area contributed by atoms with Gasteiger partial charge in [-0.15, -0.1) is 0 Å². The fourth-order valence-electron chi connectivity index (χ4n) is 2.23. The molecule has 0 bridgehead atoms. The van der Waals surface area contributed by atoms with E-state index in [0.29, 0.717) is 13.2 Å². The molecule has 0 spiro atoms. The van der Waals surface area contributed by atoms with Gasteiger partial charge in [0.2, 0.25) is 0 Å². The van der Waals surface area contributed by atoms with Crippen molar-refractivity contribution in [2.45, 2.75) is 38.5 Å². The van der Waals surface area contributed by atoms with E-state index in [1.165, 1.54) is 17.1 Å². The zero-order valence-corrected chi connectivity index (χ0v) is 14.7. The molecule has 2 heterocycles. The number of hydroxylamine groups is 2. The van der Waals surface area contributed by atoms with Crippen molar-refractivity contribution in [1.82, 2.24) is 9.96 Å². The SMILES string of the molecule is O=C1C=CC(=O)N1CCCCCCON1C(=O)CCC1=O.[H-].[Na+]. The zero-order valence-electron chi connectivity index (χ0n) is 13.7. The molecule has 2 aliphatic heterocycles. The van der Waals surface area contributed by atoms with E-state index in [1.807, 2.05) is 0 Å². The number of hydrogen-bond acceptors (Lipinski definition) is 5. The fraction of sp³-hybridized carbons (Fsp3) is 0.571. The molecule has 0 aromatic rings. The van der Waals surface area contributed by atoms with Gasteiger partial charge < -0.3 is 1.43 Å². The Labute approximate surface area is 152 Å². The van der Waals surface area contributed by atoms with Crippen molar-refractivity contribution in [3.05, 3.63) is 12.2 Å². The first kappa shape index (κ1) is 19.0. The second-order valence-corrected chi connectivity index (χ2v) is 4.99. The van der Waals surface area contributed by atoms with Gasteiger partial charge >= 0.3 is 29.6 Å². The Balaban J connectivity index is 0.00000242. The van der Waals surface area contributed by atoms with Gasteiger partial charge in [-0.1, -0.05) is 12.8 Å². The van der Waals surface area contributed by atoms with Gasteiger partial charge in [-0.05, 0) is 12.8 Å². The number of unbranched alkanes of at least 4 members (excludes halogenated alkanes) is 3. The molecule has 116 valence electrons. The van der Waals surface area contributed by atoms with Gasteiger partial charge in [0.05, 0.1) is 6.61 Å². The van der Waals surface area contributed by atoms with Crippen molar-refractivity contribution in [3.8, 4) is 0 Å². The summed E-state index contributed by atoms with van der Waals surface area (Å²) in [6.45, 7) is 0.745. The number of hydrogen-bond donors (Lipinski definition) is 0. The average molecular weight is 318 g/mol. The van der Waals surface area contributed by atoms with E-state index >= 15 is 0 Å². The third kappa shape index (κ3) is 5.01. The number of amides is 4. The van der Waals surface area contributed by atoms with E-state index in [0.717, 1.165) is 30.7 Å². The molecule has 0 aromatic heterocycles. The Bertz CT molecular complexity index is 458. The van der Waals surface area contributed by atoms with Crippen LogP contribution in [0.1, 0.15) is 40.0 Å². The molecule has 4 amide bonds. The summed E-state index contributed by atoms with van der Waals surface area (Å²) in [6, 6.07) is 0. The normalized spacial score (nSPS) is 17.6. The predicted octanol–water partition coefficient (Wildman–Crippen LogP) is -2.33. The summed E-state index contributed by atoms with van der Waals surface area (Å²) in [5.41, 5.74) is 0. The fourth-order valence-corrected chi connectivity index (χ4v) is 2.23. The van der Waals surface area contributed by atoms with Crippen LogP contribution in [0.25, 0.3) is 0 Å². The largest absolute Gasteiger partial charge is 1.00 e. The molecule has 0 aromatic carbocycles. The van der Waals surface area contributed by atoms with Crippen LogP contribution < -0.4 is 29.6 Å². The molecule has 2 aliphatic rings. The van der Waals surface area contributed by atoms with Crippen LogP contribution in [0.4, 0.5) is 0 Å². The van der Waals surface area contributed by atoms with E-state index in [4.69, 9.17) is 4.84 Å². The predicted molar refractivity (Wildman–Crippen MR) is 72.5 cm³/mol. The van der Waals surface area contributed by atoms with Gasteiger partial charge in [-0.2, -0.15) is 5.06 Å². The van der Waals surface area contributed by atoms with Crippen LogP contribution in [0.5, 0.6) is 0 Å². The maximum atomic E-state index is 11.3. The van der Waals surface area contributed by atoms with Crippen LogP contribution in [0.3, 0.4) is 0 Å². The number of nitrogens with zero attached hydrogens (tertiary/aromatic N) is 2. The van der Waals surface area contributed by atoms with Gasteiger partial charge in [-0.3, -0.25) is 28.9 Å². The minimum Gasteiger partial charge on any atom is -1.00 e. The van der Waals surface area contributed by atoms with Gasteiger partial charge in [-0.25, -0.2) is 0 Å². The summed E-state index contributed by atoms with van der Waals surface area (Å²) >= 11 is 0. The molecule has 0 atom stereocenters. The third-order valence-corrected chi connectivity index (χ3v) is 3.40. The summed E-state index contributed by atoms with van der Waals surface area (Å²) in [6.07, 6.45) is 6.16. The minimum absolute atomic E-state index is 0. The Kier molecular flexibility index (Phi) is 7.95. The van der Waals surface area contributed by atoms with E-state index in [1.54, 1.807) is 0 Å². The summed E-state index contributed by atoms with van der Waals surface area (Å²) in [4.78, 5) is 51.5. The Morgan fingerprint density at radius 1 is 0.909 bits per heavy atom. The first-order chi connectivity index (χ1) is 10.1. The number of imide groups is 2. The summed E-state index contributed by atoms with van der Waals surface area (Å²) in [5, 5.41) is 0.854. The summed E-state index contributed by atoms with van der Waals surface area (Å²) in [7, 11) is 0. The molecule has 0 radical (unpaired) electrons. The first-order valence-electron chi connectivity index (χ1n) is 7.12. The second-order valence-electron chi connectivity index (χ2n) is 4.99. The monoisotopic (exact) mass is 318 g/mol. The van der Waals surface area contributed by atoms with E-state index in [9.17, 15) is 19.2 Å². The van der Waals surface area contributed by atoms with Crippen molar-refractivity contribution >= 4 is 23.6 Å². The van der Waals surface area contributed by atoms with Crippen molar-refractivity contribution in [2.24, 2.45) is 0 Å². The Morgan fingerprint density at radius 3 is 2.05 bits per heavy atom. The van der Waals surface area contributed by atoms with E-state index in [2.05, 4.69) is 0 Å². The topological polar surface area (TPSA) is 84.0 Å². The maximum Gasteiger partial charge on any atom is 1.00 e. The summed E-state index contributed by atoms with van der Waals surface area (Å²) < 4.78 is 0. The average Bonchev–Trinajstić information content (AvgIpc) is 2.94. The Morgan fingerprint density at radius 2 is 1.45 bits per heavy atom. The van der Waals surface area contributed by atoms with Crippen LogP contribution in [-0.2, 0) is 24.0 Å². The van der Waals surface area contributed by atoms with Crippen molar-refractivity contribution < 1.29 is 55.0 Å². The number of rotatable bonds is 8. The van der Waals surface area contributed by atoms with Crippen molar-refractivity contribution in [3.63, 3.8) is 0 Å². The molecule has 7 nitrogen and oxygen atoms in total. The number of carbonyl (C=O) groups excluding carboxylic acids is 4. The number of carbonyl (C=O) groups is 4. The molecular weight excluding hydrogens is 299 g/mol. The third-order valence-electron chi connectivity index (χ3n) is 3.40. The maximum absolute atomic E-state index is 11.3. The smallest absolute Gasteiger partial charge is 1.00 e. The zero-order chi connectivity index (χ0) is 15.2. The van der Waals surface area contributed by atoms with Crippen LogP contribution in [0, 0.1) is 0 Å². The van der Waals surface area contributed by atoms with Crippen LogP contribution in [-0.4, -0.2) is 46.7 Å². The van der Waals surface area contributed by atoms with Gasteiger partial charge in [0.15, 0.2) is 0 Å². The van der Waals surface area contributed by atoms with Gasteiger partial charge in [0, 0.05) is 31.5 Å². The standard InChI is InChI=1S/C14H18N2O5.Na.H/c17-11-5-6-12(18)15(11)9-3-1-2-4-10-21-16-13(19)7-8-14(16)20;;/h5-6H,1-4,7-10H2;;/q;+1;-1. The first-order valence-corrected chi connectivity index (χ1v) is 7.12. The molecule has 0 unspecified atom stereocenters. The molecule has 2 rings (SSSR count). The molecule has 0 N–H and O–H groups in total. The molecule has 1 fully saturated rings. The van der Waals surface area contributed by atoms with Gasteiger partial charge in [0.1, 0.15) is 0 Å². The van der Waals surface area contributed by atoms with Crippen LogP contribution >= 0.6 is 0 Å².